The molecule has 0 heterocycles. The molecule has 2 aromatic carbocycles. The highest BCUT2D eigenvalue weighted by atomic mass is 127. The first-order valence-corrected chi connectivity index (χ1v) is 7.71. The maximum Gasteiger partial charge on any atom is 0.0553 e. The molecule has 20 heavy (non-hydrogen) atoms. The Bertz CT molecular complexity index is 559. The van der Waals surface area contributed by atoms with E-state index in [2.05, 4.69) is 34.7 Å². The first kappa shape index (κ1) is 15.5. The third-order valence-electron chi connectivity index (χ3n) is 3.69. The zero-order valence-corrected chi connectivity index (χ0v) is 13.7. The van der Waals surface area contributed by atoms with Crippen LogP contribution in [0.4, 0.5) is 0 Å². The third-order valence-corrected chi connectivity index (χ3v) is 4.41. The Hall–Kier alpha value is -0.910. The minimum atomic E-state index is -0.626. The number of aliphatic hydroxyl groups is 2. The normalized spacial score (nSPS) is 11.6. The summed E-state index contributed by atoms with van der Waals surface area (Å²) in [5.41, 5.74) is 2.62. The molecule has 2 nitrogen and oxygen atoms in total. The lowest BCUT2D eigenvalue weighted by atomic mass is 9.76. The van der Waals surface area contributed by atoms with Crippen molar-refractivity contribution < 1.29 is 10.2 Å². The predicted molar refractivity (Wildman–Crippen MR) is 89.9 cm³/mol. The second kappa shape index (κ2) is 6.70. The van der Waals surface area contributed by atoms with Gasteiger partial charge in [-0.15, -0.1) is 0 Å². The number of hydrogen-bond donors (Lipinski definition) is 2. The number of rotatable bonds is 5. The van der Waals surface area contributed by atoms with Crippen molar-refractivity contribution in [2.45, 2.75) is 18.8 Å². The molecule has 0 amide bonds. The summed E-state index contributed by atoms with van der Waals surface area (Å²) >= 11 is 2.27. The van der Waals surface area contributed by atoms with Crippen LogP contribution in [0.25, 0.3) is 0 Å². The van der Waals surface area contributed by atoms with Gasteiger partial charge in [-0.05, 0) is 59.2 Å². The molecule has 0 atom stereocenters. The molecule has 0 unspecified atom stereocenters. The fraction of sp³-hybridized carbons (Fsp3) is 0.294. The van der Waals surface area contributed by atoms with Gasteiger partial charge in [0.05, 0.1) is 13.2 Å². The molecule has 2 N–H and O–H groups in total. The summed E-state index contributed by atoms with van der Waals surface area (Å²) < 4.78 is 1.18. The summed E-state index contributed by atoms with van der Waals surface area (Å²) in [5, 5.41) is 19.8. The molecule has 0 aliphatic rings. The molecule has 0 spiro atoms. The van der Waals surface area contributed by atoms with Crippen molar-refractivity contribution >= 4 is 22.6 Å². The lowest BCUT2D eigenvalue weighted by Gasteiger charge is -2.31. The molecule has 0 aliphatic heterocycles. The maximum atomic E-state index is 9.88. The quantitative estimate of drug-likeness (QED) is 0.781. The lowest BCUT2D eigenvalue weighted by Crippen LogP contribution is -2.37. The van der Waals surface area contributed by atoms with E-state index in [1.807, 2.05) is 43.3 Å². The zero-order valence-electron chi connectivity index (χ0n) is 11.5. The third kappa shape index (κ3) is 3.40. The summed E-state index contributed by atoms with van der Waals surface area (Å²) in [6, 6.07) is 16.2. The molecule has 0 saturated carbocycles. The van der Waals surface area contributed by atoms with E-state index in [0.29, 0.717) is 6.42 Å². The van der Waals surface area contributed by atoms with Crippen molar-refractivity contribution in [1.82, 2.24) is 0 Å². The van der Waals surface area contributed by atoms with E-state index < -0.39 is 5.41 Å². The van der Waals surface area contributed by atoms with Crippen molar-refractivity contribution in [3.05, 3.63) is 68.8 Å². The van der Waals surface area contributed by atoms with Crippen molar-refractivity contribution in [2.75, 3.05) is 13.2 Å². The molecule has 3 heteroatoms. The van der Waals surface area contributed by atoms with Crippen LogP contribution in [0.3, 0.4) is 0 Å². The van der Waals surface area contributed by atoms with Gasteiger partial charge >= 0.3 is 0 Å². The van der Waals surface area contributed by atoms with E-state index in [0.717, 1.165) is 16.7 Å². The molecule has 106 valence electrons. The lowest BCUT2D eigenvalue weighted by molar-refractivity contribution is 0.116. The topological polar surface area (TPSA) is 40.5 Å². The molecule has 0 radical (unpaired) electrons. The largest absolute Gasteiger partial charge is 0.395 e. The highest BCUT2D eigenvalue weighted by Gasteiger charge is 2.31. The number of aliphatic hydroxyl groups excluding tert-OH is 2. The van der Waals surface area contributed by atoms with E-state index >= 15 is 0 Å². The number of benzene rings is 2. The Labute approximate surface area is 133 Å². The van der Waals surface area contributed by atoms with Gasteiger partial charge in [0, 0.05) is 8.99 Å². The first-order chi connectivity index (χ1) is 9.59. The molecule has 0 fully saturated rings. The smallest absolute Gasteiger partial charge is 0.0553 e. The molecule has 0 saturated heterocycles. The Morgan fingerprint density at radius 1 is 1.00 bits per heavy atom. The highest BCUT2D eigenvalue weighted by molar-refractivity contribution is 14.1. The van der Waals surface area contributed by atoms with Gasteiger partial charge in [0.25, 0.3) is 0 Å². The van der Waals surface area contributed by atoms with Gasteiger partial charge in [0.1, 0.15) is 0 Å². The van der Waals surface area contributed by atoms with Gasteiger partial charge in [-0.3, -0.25) is 0 Å². The van der Waals surface area contributed by atoms with Crippen LogP contribution in [0.5, 0.6) is 0 Å². The minimum Gasteiger partial charge on any atom is -0.395 e. The number of halogens is 1. The zero-order chi connectivity index (χ0) is 14.6. The van der Waals surface area contributed by atoms with Crippen molar-refractivity contribution in [2.24, 2.45) is 0 Å². The highest BCUT2D eigenvalue weighted by Crippen LogP contribution is 2.29. The van der Waals surface area contributed by atoms with Gasteiger partial charge in [-0.25, -0.2) is 0 Å². The minimum absolute atomic E-state index is 0.0705. The van der Waals surface area contributed by atoms with Crippen molar-refractivity contribution in [3.63, 3.8) is 0 Å². The van der Waals surface area contributed by atoms with E-state index in [4.69, 9.17) is 0 Å². The summed E-state index contributed by atoms with van der Waals surface area (Å²) in [6.07, 6.45) is 0.625. The Morgan fingerprint density at radius 2 is 1.65 bits per heavy atom. The van der Waals surface area contributed by atoms with Gasteiger partial charge in [0.15, 0.2) is 0 Å². The Morgan fingerprint density at radius 3 is 2.20 bits per heavy atom. The summed E-state index contributed by atoms with van der Waals surface area (Å²) in [7, 11) is 0. The van der Waals surface area contributed by atoms with Crippen molar-refractivity contribution in [3.8, 4) is 0 Å². The van der Waals surface area contributed by atoms with Gasteiger partial charge < -0.3 is 10.2 Å². The van der Waals surface area contributed by atoms with Crippen LogP contribution in [0.1, 0.15) is 16.7 Å². The van der Waals surface area contributed by atoms with E-state index in [-0.39, 0.29) is 13.2 Å². The fourth-order valence-electron chi connectivity index (χ4n) is 2.41. The van der Waals surface area contributed by atoms with Crippen LogP contribution in [-0.4, -0.2) is 23.4 Å². The van der Waals surface area contributed by atoms with E-state index in [1.165, 1.54) is 3.57 Å². The second-order valence-electron chi connectivity index (χ2n) is 5.27. The maximum absolute atomic E-state index is 9.88. The molecule has 0 aromatic heterocycles. The summed E-state index contributed by atoms with van der Waals surface area (Å²) in [6.45, 7) is 1.88. The van der Waals surface area contributed by atoms with Crippen LogP contribution in [0.2, 0.25) is 0 Å². The number of aryl methyl sites for hydroxylation is 1. The van der Waals surface area contributed by atoms with Crippen LogP contribution in [0.15, 0.2) is 48.5 Å². The van der Waals surface area contributed by atoms with Gasteiger partial charge in [-0.1, -0.05) is 42.0 Å². The standard InChI is InChI=1S/C17H19IO2/c1-13-3-2-4-15(9-13)17(11-19,12-20)10-14-5-7-16(18)8-6-14/h2-9,19-20H,10-12H2,1H3. The van der Waals surface area contributed by atoms with Crippen LogP contribution >= 0.6 is 22.6 Å². The fourth-order valence-corrected chi connectivity index (χ4v) is 2.77. The average Bonchev–Trinajstić information content (AvgIpc) is 2.47. The van der Waals surface area contributed by atoms with Crippen LogP contribution in [-0.2, 0) is 11.8 Å². The SMILES string of the molecule is Cc1cccc(C(CO)(CO)Cc2ccc(I)cc2)c1. The molecule has 2 aromatic rings. The average molecular weight is 382 g/mol. The van der Waals surface area contributed by atoms with Crippen LogP contribution in [0, 0.1) is 10.5 Å². The second-order valence-corrected chi connectivity index (χ2v) is 6.51. The van der Waals surface area contributed by atoms with Gasteiger partial charge in [-0.2, -0.15) is 0 Å². The summed E-state index contributed by atoms with van der Waals surface area (Å²) in [4.78, 5) is 0. The monoisotopic (exact) mass is 382 g/mol. The molecule has 0 aliphatic carbocycles. The summed E-state index contributed by atoms with van der Waals surface area (Å²) in [5.74, 6) is 0. The molecule has 2 rings (SSSR count). The van der Waals surface area contributed by atoms with Gasteiger partial charge in [0.2, 0.25) is 0 Å². The Kier molecular flexibility index (Phi) is 5.18. The van der Waals surface area contributed by atoms with Crippen LogP contribution < -0.4 is 0 Å². The number of hydrogen-bond acceptors (Lipinski definition) is 2. The molecular weight excluding hydrogens is 363 g/mol. The van der Waals surface area contributed by atoms with E-state index in [1.54, 1.807) is 0 Å². The molecule has 0 bridgehead atoms. The molecular formula is C17H19IO2. The predicted octanol–water partition coefficient (Wildman–Crippen LogP) is 3.06. The van der Waals surface area contributed by atoms with E-state index in [9.17, 15) is 10.2 Å². The Balaban J connectivity index is 2.36. The first-order valence-electron chi connectivity index (χ1n) is 6.63. The van der Waals surface area contributed by atoms with Crippen molar-refractivity contribution in [1.29, 1.82) is 0 Å².